The molecule has 0 bridgehead atoms. The fraction of sp³-hybridized carbons (Fsp3) is 0.263. The Balaban J connectivity index is 1.56. The van der Waals surface area contributed by atoms with Crippen molar-refractivity contribution in [3.63, 3.8) is 0 Å². The Morgan fingerprint density at radius 2 is 2.00 bits per heavy atom. The van der Waals surface area contributed by atoms with Gasteiger partial charge in [-0.15, -0.1) is 11.3 Å². The van der Waals surface area contributed by atoms with Gasteiger partial charge < -0.3 is 9.42 Å². The Bertz CT molecular complexity index is 852. The van der Waals surface area contributed by atoms with Gasteiger partial charge in [0.1, 0.15) is 12.2 Å². The number of thiophene rings is 1. The molecule has 1 atom stereocenters. The van der Waals surface area contributed by atoms with Gasteiger partial charge in [0.05, 0.1) is 11.9 Å². The maximum absolute atomic E-state index is 12.2. The van der Waals surface area contributed by atoms with Crippen LogP contribution in [-0.2, 0) is 11.3 Å². The van der Waals surface area contributed by atoms with Crippen molar-refractivity contribution in [1.29, 1.82) is 0 Å². The van der Waals surface area contributed by atoms with E-state index in [0.717, 1.165) is 17.0 Å². The number of aryl methyl sites for hydroxylation is 2. The number of nitrogens with zero attached hydrogens (tertiary/aromatic N) is 1. The standard InChI is InChI=1S/C19H21N3O2S/c1-13-4-6-15(7-5-13)16-10-19(24-21-16)20-18(23)12-22(3)11-17-14(2)8-9-25-17/h4-10H,11-12H2,1-3H3,(H,20,23)/p+1. The van der Waals surface area contributed by atoms with E-state index in [1.54, 1.807) is 17.4 Å². The molecule has 3 aromatic rings. The van der Waals surface area contributed by atoms with E-state index >= 15 is 0 Å². The van der Waals surface area contributed by atoms with E-state index in [1.165, 1.54) is 16.0 Å². The lowest BCUT2D eigenvalue weighted by Crippen LogP contribution is -3.08. The van der Waals surface area contributed by atoms with Crippen molar-refractivity contribution in [2.75, 3.05) is 18.9 Å². The number of benzene rings is 1. The summed E-state index contributed by atoms with van der Waals surface area (Å²) in [5, 5.41) is 8.89. The van der Waals surface area contributed by atoms with Crippen LogP contribution in [-0.4, -0.2) is 24.7 Å². The molecule has 0 aliphatic carbocycles. The van der Waals surface area contributed by atoms with E-state index in [2.05, 4.69) is 28.8 Å². The monoisotopic (exact) mass is 356 g/mol. The molecule has 6 heteroatoms. The molecule has 0 saturated carbocycles. The van der Waals surface area contributed by atoms with Crippen molar-refractivity contribution < 1.29 is 14.2 Å². The quantitative estimate of drug-likeness (QED) is 0.714. The van der Waals surface area contributed by atoms with E-state index in [1.807, 2.05) is 38.2 Å². The van der Waals surface area contributed by atoms with E-state index < -0.39 is 0 Å². The number of aromatic nitrogens is 1. The predicted molar refractivity (Wildman–Crippen MR) is 99.8 cm³/mol. The summed E-state index contributed by atoms with van der Waals surface area (Å²) in [4.78, 5) is 14.6. The highest BCUT2D eigenvalue weighted by molar-refractivity contribution is 7.10. The molecule has 5 nitrogen and oxygen atoms in total. The maximum Gasteiger partial charge on any atom is 0.281 e. The molecule has 0 saturated heterocycles. The highest BCUT2D eigenvalue weighted by Crippen LogP contribution is 2.21. The Morgan fingerprint density at radius 1 is 1.24 bits per heavy atom. The number of hydrogen-bond donors (Lipinski definition) is 2. The van der Waals surface area contributed by atoms with Crippen molar-refractivity contribution in [2.45, 2.75) is 20.4 Å². The van der Waals surface area contributed by atoms with Crippen LogP contribution in [0.1, 0.15) is 16.0 Å². The van der Waals surface area contributed by atoms with Crippen LogP contribution in [0.3, 0.4) is 0 Å². The Hall–Kier alpha value is -2.44. The Labute approximate surface area is 151 Å². The van der Waals surface area contributed by atoms with Gasteiger partial charge in [0.15, 0.2) is 6.54 Å². The minimum Gasteiger partial charge on any atom is -0.338 e. The molecule has 2 heterocycles. The number of anilines is 1. The molecule has 25 heavy (non-hydrogen) atoms. The van der Waals surface area contributed by atoms with Crippen LogP contribution in [0.4, 0.5) is 5.88 Å². The zero-order valence-corrected chi connectivity index (χ0v) is 15.4. The second-order valence-electron chi connectivity index (χ2n) is 6.33. The molecule has 1 aromatic carbocycles. The van der Waals surface area contributed by atoms with Crippen LogP contribution in [0.5, 0.6) is 0 Å². The first-order valence-electron chi connectivity index (χ1n) is 8.19. The highest BCUT2D eigenvalue weighted by Gasteiger charge is 2.15. The van der Waals surface area contributed by atoms with Crippen LogP contribution in [0.25, 0.3) is 11.3 Å². The molecule has 1 amide bonds. The van der Waals surface area contributed by atoms with Gasteiger partial charge in [-0.1, -0.05) is 35.0 Å². The fourth-order valence-corrected chi connectivity index (χ4v) is 3.59. The molecule has 1 unspecified atom stereocenters. The fourth-order valence-electron chi connectivity index (χ4n) is 2.57. The van der Waals surface area contributed by atoms with Crippen molar-refractivity contribution in [1.82, 2.24) is 5.16 Å². The first-order chi connectivity index (χ1) is 12.0. The van der Waals surface area contributed by atoms with Crippen LogP contribution in [0.2, 0.25) is 0 Å². The second-order valence-corrected chi connectivity index (χ2v) is 7.33. The summed E-state index contributed by atoms with van der Waals surface area (Å²) in [6.45, 7) is 5.34. The molecule has 0 radical (unpaired) electrons. The minimum atomic E-state index is -0.0849. The normalized spacial score (nSPS) is 12.1. The van der Waals surface area contributed by atoms with Crippen LogP contribution in [0, 0.1) is 13.8 Å². The maximum atomic E-state index is 12.2. The average Bonchev–Trinajstić information content (AvgIpc) is 3.18. The first kappa shape index (κ1) is 17.4. The summed E-state index contributed by atoms with van der Waals surface area (Å²) >= 11 is 1.73. The number of amides is 1. The van der Waals surface area contributed by atoms with Gasteiger partial charge in [-0.25, -0.2) is 0 Å². The van der Waals surface area contributed by atoms with Gasteiger partial charge in [0, 0.05) is 11.6 Å². The second kappa shape index (κ2) is 7.63. The number of likely N-dealkylation sites (N-methyl/N-ethyl adjacent to an activating group) is 1. The van der Waals surface area contributed by atoms with Crippen molar-refractivity contribution in [3.05, 3.63) is 57.8 Å². The molecule has 3 rings (SSSR count). The van der Waals surface area contributed by atoms with E-state index in [9.17, 15) is 4.79 Å². The minimum absolute atomic E-state index is 0.0849. The third kappa shape index (κ3) is 4.55. The summed E-state index contributed by atoms with van der Waals surface area (Å²) in [6.07, 6.45) is 0. The highest BCUT2D eigenvalue weighted by atomic mass is 32.1. The van der Waals surface area contributed by atoms with Crippen LogP contribution in [0.15, 0.2) is 46.3 Å². The predicted octanol–water partition coefficient (Wildman–Crippen LogP) is 2.67. The molecule has 0 aliphatic rings. The van der Waals surface area contributed by atoms with Gasteiger partial charge >= 0.3 is 0 Å². The summed E-state index contributed by atoms with van der Waals surface area (Å²) in [5.41, 5.74) is 4.14. The topological polar surface area (TPSA) is 59.6 Å². The third-order valence-electron chi connectivity index (χ3n) is 4.01. The zero-order chi connectivity index (χ0) is 17.8. The Morgan fingerprint density at radius 3 is 2.68 bits per heavy atom. The molecule has 0 spiro atoms. The Kier molecular flexibility index (Phi) is 5.31. The molecular weight excluding hydrogens is 334 g/mol. The van der Waals surface area contributed by atoms with E-state index in [4.69, 9.17) is 4.52 Å². The molecule has 2 aromatic heterocycles. The summed E-state index contributed by atoms with van der Waals surface area (Å²) < 4.78 is 5.24. The molecular formula is C19H22N3O2S+. The van der Waals surface area contributed by atoms with Crippen LogP contribution >= 0.6 is 11.3 Å². The summed E-state index contributed by atoms with van der Waals surface area (Å²) in [7, 11) is 2.01. The zero-order valence-electron chi connectivity index (χ0n) is 14.6. The van der Waals surface area contributed by atoms with E-state index in [-0.39, 0.29) is 5.91 Å². The number of nitrogens with one attached hydrogen (secondary N) is 2. The first-order valence-corrected chi connectivity index (χ1v) is 9.07. The summed E-state index contributed by atoms with van der Waals surface area (Å²) in [6, 6.07) is 11.9. The summed E-state index contributed by atoms with van der Waals surface area (Å²) in [5.74, 6) is 0.291. The SMILES string of the molecule is Cc1ccc(-c2cc(NC(=O)C[NH+](C)Cc3sccc3C)on2)cc1. The van der Waals surface area contributed by atoms with Gasteiger partial charge in [-0.3, -0.25) is 10.1 Å². The lowest BCUT2D eigenvalue weighted by atomic mass is 10.1. The molecule has 130 valence electrons. The number of rotatable bonds is 6. The van der Waals surface area contributed by atoms with Crippen molar-refractivity contribution in [2.24, 2.45) is 0 Å². The largest absolute Gasteiger partial charge is 0.338 e. The van der Waals surface area contributed by atoms with Gasteiger partial charge in [-0.2, -0.15) is 0 Å². The number of quaternary nitrogens is 1. The van der Waals surface area contributed by atoms with Crippen molar-refractivity contribution in [3.8, 4) is 11.3 Å². The van der Waals surface area contributed by atoms with Gasteiger partial charge in [0.2, 0.25) is 5.88 Å². The molecule has 0 aliphatic heterocycles. The van der Waals surface area contributed by atoms with Gasteiger partial charge in [-0.05, 0) is 30.9 Å². The number of carbonyl (C=O) groups is 1. The van der Waals surface area contributed by atoms with Crippen LogP contribution < -0.4 is 10.2 Å². The van der Waals surface area contributed by atoms with Crippen molar-refractivity contribution >= 4 is 23.1 Å². The molecule has 2 N–H and O–H groups in total. The third-order valence-corrected chi connectivity index (χ3v) is 5.04. The number of carbonyl (C=O) groups excluding carboxylic acids is 1. The lowest BCUT2D eigenvalue weighted by molar-refractivity contribution is -0.884. The van der Waals surface area contributed by atoms with E-state index in [0.29, 0.717) is 18.1 Å². The average molecular weight is 356 g/mol. The smallest absolute Gasteiger partial charge is 0.281 e. The lowest BCUT2D eigenvalue weighted by Gasteiger charge is -2.12. The number of hydrogen-bond acceptors (Lipinski definition) is 4. The van der Waals surface area contributed by atoms with Gasteiger partial charge in [0.25, 0.3) is 5.91 Å². The molecule has 0 fully saturated rings.